The average Bonchev–Trinajstić information content (AvgIpc) is 2.49. The van der Waals surface area contributed by atoms with E-state index in [9.17, 15) is 17.6 Å². The van der Waals surface area contributed by atoms with Gasteiger partial charge in [0.1, 0.15) is 5.82 Å². The van der Waals surface area contributed by atoms with Crippen LogP contribution in [0.2, 0.25) is 0 Å². The van der Waals surface area contributed by atoms with E-state index in [-0.39, 0.29) is 16.5 Å². The van der Waals surface area contributed by atoms with Crippen molar-refractivity contribution in [2.75, 3.05) is 0 Å². The number of hydrogen-bond acceptors (Lipinski definition) is 4. The van der Waals surface area contributed by atoms with Gasteiger partial charge in [-0.25, -0.2) is 22.2 Å². The molecule has 1 N–H and O–H groups in total. The van der Waals surface area contributed by atoms with E-state index in [1.807, 2.05) is 0 Å². The SMILES string of the molecule is Cn1nc2c(cc1=O)C[C@@H](NS(=O)(=O)c1ccc(F)cc1)CC2. The molecule has 1 aliphatic carbocycles. The number of aryl methyl sites for hydroxylation is 2. The van der Waals surface area contributed by atoms with Gasteiger partial charge in [0.05, 0.1) is 10.6 Å². The summed E-state index contributed by atoms with van der Waals surface area (Å²) >= 11 is 0. The van der Waals surface area contributed by atoms with Crippen LogP contribution in [-0.4, -0.2) is 24.2 Å². The van der Waals surface area contributed by atoms with Gasteiger partial charge in [0.25, 0.3) is 5.56 Å². The van der Waals surface area contributed by atoms with Crippen molar-refractivity contribution in [3.63, 3.8) is 0 Å². The van der Waals surface area contributed by atoms with E-state index >= 15 is 0 Å². The number of fused-ring (bicyclic) bond motifs is 1. The molecule has 0 unspecified atom stereocenters. The summed E-state index contributed by atoms with van der Waals surface area (Å²) in [5, 5.41) is 4.20. The Bertz CT molecular complexity index is 891. The van der Waals surface area contributed by atoms with Gasteiger partial charge in [-0.3, -0.25) is 4.79 Å². The molecule has 0 bridgehead atoms. The molecule has 0 fully saturated rings. The third kappa shape index (κ3) is 3.32. The Morgan fingerprint density at radius 3 is 2.70 bits per heavy atom. The van der Waals surface area contributed by atoms with Gasteiger partial charge in [0, 0.05) is 19.2 Å². The highest BCUT2D eigenvalue weighted by Gasteiger charge is 2.25. The molecular formula is C15H16FN3O3S. The molecule has 3 rings (SSSR count). The highest BCUT2D eigenvalue weighted by atomic mass is 32.2. The van der Waals surface area contributed by atoms with Crippen molar-refractivity contribution in [1.82, 2.24) is 14.5 Å². The lowest BCUT2D eigenvalue weighted by atomic mass is 9.93. The Labute approximate surface area is 133 Å². The zero-order valence-electron chi connectivity index (χ0n) is 12.5. The normalized spacial score (nSPS) is 17.7. The van der Waals surface area contributed by atoms with Gasteiger partial charge >= 0.3 is 0 Å². The predicted octanol–water partition coefficient (Wildman–Crippen LogP) is 0.755. The van der Waals surface area contributed by atoms with Gasteiger partial charge < -0.3 is 0 Å². The number of hydrogen-bond donors (Lipinski definition) is 1. The summed E-state index contributed by atoms with van der Waals surface area (Å²) < 4.78 is 41.5. The number of halogens is 1. The van der Waals surface area contributed by atoms with Crippen molar-refractivity contribution in [1.29, 1.82) is 0 Å². The van der Waals surface area contributed by atoms with E-state index in [1.54, 1.807) is 7.05 Å². The number of benzene rings is 1. The lowest BCUT2D eigenvalue weighted by Crippen LogP contribution is -2.40. The Morgan fingerprint density at radius 2 is 2.00 bits per heavy atom. The fourth-order valence-corrected chi connectivity index (χ4v) is 3.96. The zero-order chi connectivity index (χ0) is 16.6. The fraction of sp³-hybridized carbons (Fsp3) is 0.333. The van der Waals surface area contributed by atoms with Crippen LogP contribution in [0.1, 0.15) is 17.7 Å². The van der Waals surface area contributed by atoms with Crippen LogP contribution < -0.4 is 10.3 Å². The summed E-state index contributed by atoms with van der Waals surface area (Å²) in [4.78, 5) is 11.7. The van der Waals surface area contributed by atoms with Gasteiger partial charge in [-0.05, 0) is 49.1 Å². The molecule has 0 amide bonds. The number of nitrogens with zero attached hydrogens (tertiary/aromatic N) is 2. The number of nitrogens with one attached hydrogen (secondary N) is 1. The van der Waals surface area contributed by atoms with Crippen LogP contribution in [0.25, 0.3) is 0 Å². The van der Waals surface area contributed by atoms with Crippen LogP contribution in [0.15, 0.2) is 40.0 Å². The number of rotatable bonds is 3. The third-order valence-corrected chi connectivity index (χ3v) is 5.44. The summed E-state index contributed by atoms with van der Waals surface area (Å²) in [5.74, 6) is -0.488. The maximum Gasteiger partial charge on any atom is 0.266 e. The smallest absolute Gasteiger partial charge is 0.266 e. The Balaban J connectivity index is 1.80. The molecule has 122 valence electrons. The van der Waals surface area contributed by atoms with E-state index in [4.69, 9.17) is 0 Å². The second kappa shape index (κ2) is 5.86. The first kappa shape index (κ1) is 15.8. The van der Waals surface area contributed by atoms with Crippen LogP contribution in [-0.2, 0) is 29.9 Å². The lowest BCUT2D eigenvalue weighted by molar-refractivity contribution is 0.492. The largest absolute Gasteiger partial charge is 0.268 e. The average molecular weight is 337 g/mol. The van der Waals surface area contributed by atoms with Gasteiger partial charge in [-0.15, -0.1) is 0 Å². The number of sulfonamides is 1. The van der Waals surface area contributed by atoms with Crippen LogP contribution in [0.4, 0.5) is 4.39 Å². The Kier molecular flexibility index (Phi) is 4.03. The summed E-state index contributed by atoms with van der Waals surface area (Å²) in [7, 11) is -2.13. The second-order valence-corrected chi connectivity index (χ2v) is 7.31. The van der Waals surface area contributed by atoms with E-state index < -0.39 is 15.8 Å². The third-order valence-electron chi connectivity index (χ3n) is 3.90. The standard InChI is InChI=1S/C15H16FN3O3S/c1-19-15(20)9-10-8-12(4-7-14(10)17-19)18-23(21,22)13-5-2-11(16)3-6-13/h2-3,5-6,9,12,18H,4,7-8H2,1H3/t12-/m0/s1. The molecule has 0 radical (unpaired) electrons. The van der Waals surface area contributed by atoms with Crippen LogP contribution in [0.3, 0.4) is 0 Å². The summed E-state index contributed by atoms with van der Waals surface area (Å²) in [5.41, 5.74) is 1.38. The van der Waals surface area contributed by atoms with Crippen LogP contribution >= 0.6 is 0 Å². The van der Waals surface area contributed by atoms with Crippen molar-refractivity contribution in [3.8, 4) is 0 Å². The minimum Gasteiger partial charge on any atom is -0.268 e. The van der Waals surface area contributed by atoms with Crippen molar-refractivity contribution in [3.05, 3.63) is 57.8 Å². The first-order valence-electron chi connectivity index (χ1n) is 7.19. The summed E-state index contributed by atoms with van der Waals surface area (Å²) in [6.45, 7) is 0. The van der Waals surface area contributed by atoms with Crippen LogP contribution in [0.5, 0.6) is 0 Å². The Hall–Kier alpha value is -2.06. The summed E-state index contributed by atoms with van der Waals surface area (Å²) in [6, 6.07) is 5.86. The van der Waals surface area contributed by atoms with Crippen molar-refractivity contribution < 1.29 is 12.8 Å². The minimum atomic E-state index is -3.72. The summed E-state index contributed by atoms with van der Waals surface area (Å²) in [6.07, 6.45) is 1.61. The second-order valence-electron chi connectivity index (χ2n) is 5.59. The molecule has 1 atom stereocenters. The minimum absolute atomic E-state index is 0.0202. The maximum atomic E-state index is 12.9. The molecule has 23 heavy (non-hydrogen) atoms. The molecule has 8 heteroatoms. The first-order valence-corrected chi connectivity index (χ1v) is 8.67. The quantitative estimate of drug-likeness (QED) is 0.896. The molecule has 6 nitrogen and oxygen atoms in total. The predicted molar refractivity (Wildman–Crippen MR) is 82.0 cm³/mol. The number of aromatic nitrogens is 2. The van der Waals surface area contributed by atoms with Crippen molar-refractivity contribution >= 4 is 10.0 Å². The van der Waals surface area contributed by atoms with Gasteiger partial charge in [-0.2, -0.15) is 5.10 Å². The molecular weight excluding hydrogens is 321 g/mol. The molecule has 1 heterocycles. The van der Waals surface area contributed by atoms with E-state index in [0.29, 0.717) is 19.3 Å². The fourth-order valence-electron chi connectivity index (χ4n) is 2.69. The van der Waals surface area contributed by atoms with Crippen molar-refractivity contribution in [2.24, 2.45) is 7.05 Å². The van der Waals surface area contributed by atoms with Crippen LogP contribution in [0, 0.1) is 5.82 Å². The highest BCUT2D eigenvalue weighted by Crippen LogP contribution is 2.20. The first-order chi connectivity index (χ1) is 10.8. The lowest BCUT2D eigenvalue weighted by Gasteiger charge is -2.24. The molecule has 1 aromatic carbocycles. The van der Waals surface area contributed by atoms with Gasteiger partial charge in [0.2, 0.25) is 10.0 Å². The highest BCUT2D eigenvalue weighted by molar-refractivity contribution is 7.89. The molecule has 0 saturated heterocycles. The van der Waals surface area contributed by atoms with E-state index in [2.05, 4.69) is 9.82 Å². The molecule has 1 aromatic heterocycles. The van der Waals surface area contributed by atoms with Gasteiger partial charge in [-0.1, -0.05) is 0 Å². The molecule has 0 aliphatic heterocycles. The molecule has 0 saturated carbocycles. The molecule has 0 spiro atoms. The van der Waals surface area contributed by atoms with Gasteiger partial charge in [0.15, 0.2) is 0 Å². The maximum absolute atomic E-state index is 12.9. The molecule has 1 aliphatic rings. The van der Waals surface area contributed by atoms with Crippen molar-refractivity contribution in [2.45, 2.75) is 30.2 Å². The topological polar surface area (TPSA) is 81.1 Å². The zero-order valence-corrected chi connectivity index (χ0v) is 13.3. The Morgan fingerprint density at radius 1 is 1.30 bits per heavy atom. The monoisotopic (exact) mass is 337 g/mol. The van der Waals surface area contributed by atoms with E-state index in [0.717, 1.165) is 23.4 Å². The van der Waals surface area contributed by atoms with E-state index in [1.165, 1.54) is 22.9 Å². The molecule has 2 aromatic rings.